The van der Waals surface area contributed by atoms with Crippen molar-refractivity contribution in [2.45, 2.75) is 0 Å². The van der Waals surface area contributed by atoms with E-state index in [1.807, 2.05) is 0 Å². The number of para-hydroxylation sites is 2. The number of aromatic nitrogens is 1. The molecule has 56 heavy (non-hydrogen) atoms. The molecule has 0 saturated carbocycles. The molecular formula is C54H36N2. The molecule has 11 rings (SSSR count). The second-order valence-electron chi connectivity index (χ2n) is 14.5. The maximum Gasteiger partial charge on any atom is 0.0619 e. The minimum Gasteiger partial charge on any atom is -0.311 e. The Kier molecular flexibility index (Phi) is 7.53. The molecule has 262 valence electrons. The topological polar surface area (TPSA) is 8.17 Å². The highest BCUT2D eigenvalue weighted by Gasteiger charge is 2.17. The van der Waals surface area contributed by atoms with Crippen molar-refractivity contribution in [3.05, 3.63) is 218 Å². The number of hydrogen-bond acceptors (Lipinski definition) is 1. The molecule has 0 bridgehead atoms. The Hall–Kier alpha value is -7.42. The first kappa shape index (κ1) is 32.0. The quantitative estimate of drug-likeness (QED) is 0.156. The Labute approximate surface area is 325 Å². The maximum atomic E-state index is 2.42. The molecule has 1 aromatic heterocycles. The minimum atomic E-state index is 1.11. The lowest BCUT2D eigenvalue weighted by Gasteiger charge is -2.26. The number of hydrogen-bond donors (Lipinski definition) is 0. The van der Waals surface area contributed by atoms with E-state index in [0.29, 0.717) is 0 Å². The molecule has 0 aliphatic carbocycles. The van der Waals surface area contributed by atoms with Gasteiger partial charge >= 0.3 is 0 Å². The van der Waals surface area contributed by atoms with Crippen LogP contribution >= 0.6 is 0 Å². The van der Waals surface area contributed by atoms with Crippen LogP contribution in [0.15, 0.2) is 218 Å². The molecule has 0 atom stereocenters. The predicted molar refractivity (Wildman–Crippen MR) is 239 cm³/mol. The second kappa shape index (κ2) is 13.2. The zero-order valence-electron chi connectivity index (χ0n) is 30.7. The van der Waals surface area contributed by atoms with E-state index in [1.54, 1.807) is 0 Å². The molecule has 0 spiro atoms. The molecule has 0 N–H and O–H groups in total. The molecule has 10 aromatic carbocycles. The van der Waals surface area contributed by atoms with Crippen LogP contribution in [-0.4, -0.2) is 4.57 Å². The summed E-state index contributed by atoms with van der Waals surface area (Å²) in [6, 6.07) is 79.3. The summed E-state index contributed by atoms with van der Waals surface area (Å²) in [5, 5.41) is 10.2. The van der Waals surface area contributed by atoms with Gasteiger partial charge in [-0.25, -0.2) is 0 Å². The van der Waals surface area contributed by atoms with Gasteiger partial charge in [0.25, 0.3) is 0 Å². The summed E-state index contributed by atoms with van der Waals surface area (Å²) >= 11 is 0. The Morgan fingerprint density at radius 3 is 1.54 bits per heavy atom. The van der Waals surface area contributed by atoms with Gasteiger partial charge in [-0.1, -0.05) is 158 Å². The Balaban J connectivity index is 0.944. The van der Waals surface area contributed by atoms with Crippen molar-refractivity contribution >= 4 is 71.2 Å². The summed E-state index contributed by atoms with van der Waals surface area (Å²) in [5.41, 5.74) is 11.8. The monoisotopic (exact) mass is 712 g/mol. The van der Waals surface area contributed by atoms with E-state index in [0.717, 1.165) is 22.7 Å². The van der Waals surface area contributed by atoms with Gasteiger partial charge in [-0.15, -0.1) is 0 Å². The summed E-state index contributed by atoms with van der Waals surface area (Å²) in [5.74, 6) is 0. The Bertz CT molecular complexity index is 3210. The average Bonchev–Trinajstić information content (AvgIpc) is 3.62. The van der Waals surface area contributed by atoms with Crippen LogP contribution in [0.5, 0.6) is 0 Å². The maximum absolute atomic E-state index is 2.42. The SMILES string of the molecule is c1ccc(N(c2ccc(-c3ccc(-n4c5ccccc5c5ccc6ccccc6c54)cc3)cc2)c2ccc(-c3cc4ccccc4c4ccccc34)cc2)cc1. The smallest absolute Gasteiger partial charge is 0.0619 e. The third-order valence-corrected chi connectivity index (χ3v) is 11.4. The summed E-state index contributed by atoms with van der Waals surface area (Å²) < 4.78 is 2.42. The van der Waals surface area contributed by atoms with Gasteiger partial charge in [0.2, 0.25) is 0 Å². The van der Waals surface area contributed by atoms with Crippen LogP contribution in [0.1, 0.15) is 0 Å². The zero-order chi connectivity index (χ0) is 37.0. The molecule has 0 aliphatic heterocycles. The first-order chi connectivity index (χ1) is 27.8. The molecule has 0 amide bonds. The van der Waals surface area contributed by atoms with Gasteiger partial charge in [0, 0.05) is 38.9 Å². The summed E-state index contributed by atoms with van der Waals surface area (Å²) in [7, 11) is 0. The molecule has 0 unspecified atom stereocenters. The fourth-order valence-electron chi connectivity index (χ4n) is 8.71. The van der Waals surface area contributed by atoms with Crippen LogP contribution in [0.2, 0.25) is 0 Å². The van der Waals surface area contributed by atoms with Gasteiger partial charge in [0.05, 0.1) is 11.0 Å². The molecule has 0 radical (unpaired) electrons. The number of benzene rings is 10. The van der Waals surface area contributed by atoms with Crippen LogP contribution in [0.4, 0.5) is 17.1 Å². The van der Waals surface area contributed by atoms with Crippen molar-refractivity contribution in [1.82, 2.24) is 4.57 Å². The summed E-state index contributed by atoms with van der Waals surface area (Å²) in [6.07, 6.45) is 0. The van der Waals surface area contributed by atoms with E-state index in [-0.39, 0.29) is 0 Å². The molecule has 0 fully saturated rings. The molecule has 2 nitrogen and oxygen atoms in total. The van der Waals surface area contributed by atoms with E-state index in [2.05, 4.69) is 228 Å². The normalized spacial score (nSPS) is 11.6. The Morgan fingerprint density at radius 1 is 0.304 bits per heavy atom. The fourth-order valence-corrected chi connectivity index (χ4v) is 8.71. The summed E-state index contributed by atoms with van der Waals surface area (Å²) in [6.45, 7) is 0. The summed E-state index contributed by atoms with van der Waals surface area (Å²) in [4.78, 5) is 2.34. The number of fused-ring (bicyclic) bond motifs is 8. The fraction of sp³-hybridized carbons (Fsp3) is 0. The van der Waals surface area contributed by atoms with Crippen LogP contribution in [0.3, 0.4) is 0 Å². The van der Waals surface area contributed by atoms with Crippen molar-refractivity contribution < 1.29 is 0 Å². The van der Waals surface area contributed by atoms with E-state index in [1.165, 1.54) is 76.4 Å². The largest absolute Gasteiger partial charge is 0.311 e. The number of anilines is 3. The van der Waals surface area contributed by atoms with Gasteiger partial charge in [0.15, 0.2) is 0 Å². The molecule has 0 saturated heterocycles. The highest BCUT2D eigenvalue weighted by atomic mass is 15.1. The molecule has 11 aromatic rings. The second-order valence-corrected chi connectivity index (χ2v) is 14.5. The van der Waals surface area contributed by atoms with E-state index < -0.39 is 0 Å². The first-order valence-corrected chi connectivity index (χ1v) is 19.3. The molecule has 1 heterocycles. The van der Waals surface area contributed by atoms with Crippen molar-refractivity contribution in [2.75, 3.05) is 4.90 Å². The van der Waals surface area contributed by atoms with E-state index in [9.17, 15) is 0 Å². The Morgan fingerprint density at radius 2 is 0.821 bits per heavy atom. The molecule has 0 aliphatic rings. The van der Waals surface area contributed by atoms with Crippen LogP contribution < -0.4 is 4.90 Å². The van der Waals surface area contributed by atoms with Crippen molar-refractivity contribution in [3.63, 3.8) is 0 Å². The van der Waals surface area contributed by atoms with Crippen LogP contribution in [0, 0.1) is 0 Å². The van der Waals surface area contributed by atoms with Crippen LogP contribution in [0.25, 0.3) is 82.1 Å². The average molecular weight is 713 g/mol. The van der Waals surface area contributed by atoms with Gasteiger partial charge in [-0.2, -0.15) is 0 Å². The third-order valence-electron chi connectivity index (χ3n) is 11.4. The van der Waals surface area contributed by atoms with Crippen molar-refractivity contribution in [2.24, 2.45) is 0 Å². The lowest BCUT2D eigenvalue weighted by atomic mass is 9.93. The molecular weight excluding hydrogens is 677 g/mol. The minimum absolute atomic E-state index is 1.11. The zero-order valence-corrected chi connectivity index (χ0v) is 30.7. The van der Waals surface area contributed by atoms with E-state index >= 15 is 0 Å². The van der Waals surface area contributed by atoms with Crippen LogP contribution in [-0.2, 0) is 0 Å². The lowest BCUT2D eigenvalue weighted by molar-refractivity contribution is 1.19. The van der Waals surface area contributed by atoms with E-state index in [4.69, 9.17) is 0 Å². The van der Waals surface area contributed by atoms with Gasteiger partial charge in [-0.3, -0.25) is 0 Å². The standard InChI is InChI=1S/C54H36N2/c1-2-14-42(15-3-1)55(44-33-26-40(27-34-44)52-36-41-13-5-6-16-46(41)48-18-8-9-19-49(48)52)43-29-22-37(23-30-43)38-24-31-45(32-25-38)56-53-21-11-10-20-50(53)51-35-28-39-12-4-7-17-47(39)54(51)56/h1-36H. The van der Waals surface area contributed by atoms with Crippen molar-refractivity contribution in [1.29, 1.82) is 0 Å². The van der Waals surface area contributed by atoms with Gasteiger partial charge in [-0.05, 0) is 110 Å². The number of rotatable bonds is 6. The van der Waals surface area contributed by atoms with Gasteiger partial charge < -0.3 is 9.47 Å². The first-order valence-electron chi connectivity index (χ1n) is 19.3. The molecule has 2 heteroatoms. The third kappa shape index (κ3) is 5.26. The lowest BCUT2D eigenvalue weighted by Crippen LogP contribution is -2.09. The van der Waals surface area contributed by atoms with Crippen molar-refractivity contribution in [3.8, 4) is 27.9 Å². The van der Waals surface area contributed by atoms with Gasteiger partial charge in [0.1, 0.15) is 0 Å². The number of nitrogens with zero attached hydrogens (tertiary/aromatic N) is 2. The highest BCUT2D eigenvalue weighted by Crippen LogP contribution is 2.40. The predicted octanol–water partition coefficient (Wildman–Crippen LogP) is 15.0. The highest BCUT2D eigenvalue weighted by molar-refractivity contribution is 6.18.